The summed E-state index contributed by atoms with van der Waals surface area (Å²) in [5.74, 6) is -0.705. The van der Waals surface area contributed by atoms with E-state index in [2.05, 4.69) is 4.98 Å². The fourth-order valence-corrected chi connectivity index (χ4v) is 5.16. The molecule has 0 unspecified atom stereocenters. The number of halogens is 3. The summed E-state index contributed by atoms with van der Waals surface area (Å²) >= 11 is 0. The molecule has 0 spiro atoms. The molecule has 6 rings (SSSR count). The van der Waals surface area contributed by atoms with Crippen LogP contribution < -0.4 is 4.74 Å². The molecule has 3 aromatic carbocycles. The Bertz CT molecular complexity index is 1930. The number of esters is 1. The summed E-state index contributed by atoms with van der Waals surface area (Å²) in [6, 6.07) is 20.8. The number of alkyl halides is 1. The van der Waals surface area contributed by atoms with Gasteiger partial charge in [0, 0.05) is 35.6 Å². The van der Waals surface area contributed by atoms with E-state index in [4.69, 9.17) is 19.7 Å². The van der Waals surface area contributed by atoms with Gasteiger partial charge in [-0.05, 0) is 66.9 Å². The Morgan fingerprint density at radius 1 is 1.02 bits per heavy atom. The van der Waals surface area contributed by atoms with Crippen molar-refractivity contribution >= 4 is 17.0 Å². The van der Waals surface area contributed by atoms with E-state index in [9.17, 15) is 13.6 Å². The predicted octanol–water partition coefficient (Wildman–Crippen LogP) is 6.95. The molecule has 0 amide bonds. The number of pyridine rings is 1. The maximum Gasteiger partial charge on any atom is 0.337 e. The number of benzene rings is 3. The van der Waals surface area contributed by atoms with Crippen molar-refractivity contribution in [2.24, 2.45) is 5.41 Å². The minimum atomic E-state index is -0.559. The van der Waals surface area contributed by atoms with E-state index in [-0.39, 0.29) is 35.6 Å². The highest BCUT2D eigenvalue weighted by atomic mass is 19.1. The van der Waals surface area contributed by atoms with Crippen LogP contribution in [-0.2, 0) is 24.3 Å². The Hall–Kier alpha value is -5.17. The number of nitrogens with zero attached hydrogens (tertiary/aromatic N) is 4. The van der Waals surface area contributed by atoms with Crippen molar-refractivity contribution in [2.45, 2.75) is 32.4 Å². The molecule has 1 saturated carbocycles. The van der Waals surface area contributed by atoms with Gasteiger partial charge < -0.3 is 14.0 Å². The first-order chi connectivity index (χ1) is 21.3. The summed E-state index contributed by atoms with van der Waals surface area (Å²) in [5.41, 5.74) is 2.99. The van der Waals surface area contributed by atoms with Gasteiger partial charge in [0.15, 0.2) is 0 Å². The van der Waals surface area contributed by atoms with Gasteiger partial charge >= 0.3 is 5.97 Å². The van der Waals surface area contributed by atoms with E-state index in [1.54, 1.807) is 48.5 Å². The molecular formula is C34H27F3N4O3. The number of imidazole rings is 1. The predicted molar refractivity (Wildman–Crippen MR) is 157 cm³/mol. The molecule has 0 saturated heterocycles. The van der Waals surface area contributed by atoms with Crippen LogP contribution in [0.25, 0.3) is 22.3 Å². The second kappa shape index (κ2) is 11.8. The zero-order chi connectivity index (χ0) is 30.8. The Morgan fingerprint density at radius 3 is 2.57 bits per heavy atom. The third-order valence-corrected chi connectivity index (χ3v) is 7.94. The molecule has 2 heterocycles. The quantitative estimate of drug-likeness (QED) is 0.162. The van der Waals surface area contributed by atoms with E-state index in [0.717, 1.165) is 18.9 Å². The van der Waals surface area contributed by atoms with E-state index in [1.165, 1.54) is 25.3 Å². The Morgan fingerprint density at radius 2 is 1.86 bits per heavy atom. The van der Waals surface area contributed by atoms with Crippen LogP contribution in [0, 0.1) is 28.4 Å². The van der Waals surface area contributed by atoms with Gasteiger partial charge in [-0.25, -0.2) is 23.5 Å². The zero-order valence-electron chi connectivity index (χ0n) is 23.8. The number of carbonyl (C=O) groups is 1. The summed E-state index contributed by atoms with van der Waals surface area (Å²) in [6.45, 7) is -0.158. The van der Waals surface area contributed by atoms with Crippen LogP contribution in [0.4, 0.5) is 13.2 Å². The van der Waals surface area contributed by atoms with Crippen molar-refractivity contribution in [3.8, 4) is 23.2 Å². The minimum absolute atomic E-state index is 0.110. The fraction of sp³-hybridized carbons (Fsp3) is 0.235. The number of hydrogen-bond acceptors (Lipinski definition) is 6. The molecule has 222 valence electrons. The molecule has 0 N–H and O–H groups in total. The fourth-order valence-electron chi connectivity index (χ4n) is 5.16. The summed E-state index contributed by atoms with van der Waals surface area (Å²) in [4.78, 5) is 21.3. The van der Waals surface area contributed by atoms with Crippen LogP contribution >= 0.6 is 0 Å². The highest BCUT2D eigenvalue weighted by molar-refractivity contribution is 5.93. The smallest absolute Gasteiger partial charge is 0.337 e. The molecule has 1 aliphatic carbocycles. The van der Waals surface area contributed by atoms with Crippen molar-refractivity contribution in [1.82, 2.24) is 14.5 Å². The van der Waals surface area contributed by atoms with Gasteiger partial charge in [-0.3, -0.25) is 4.39 Å². The van der Waals surface area contributed by atoms with Gasteiger partial charge in [-0.1, -0.05) is 18.2 Å². The second-order valence-corrected chi connectivity index (χ2v) is 11.0. The molecule has 1 aliphatic rings. The lowest BCUT2D eigenvalue weighted by atomic mass is 10.0. The lowest BCUT2D eigenvalue weighted by Gasteiger charge is -2.16. The lowest BCUT2D eigenvalue weighted by Crippen LogP contribution is -2.16. The average Bonchev–Trinajstić information content (AvgIpc) is 3.75. The van der Waals surface area contributed by atoms with Crippen LogP contribution in [0.1, 0.15) is 45.7 Å². The maximum absolute atomic E-state index is 15.5. The number of hydrogen-bond donors (Lipinski definition) is 0. The molecule has 10 heteroatoms. The second-order valence-electron chi connectivity index (χ2n) is 11.0. The van der Waals surface area contributed by atoms with E-state index in [1.807, 2.05) is 10.6 Å². The van der Waals surface area contributed by atoms with Gasteiger partial charge in [-0.15, -0.1) is 0 Å². The number of aromatic nitrogens is 3. The monoisotopic (exact) mass is 596 g/mol. The number of carbonyl (C=O) groups excluding carboxylic acids is 1. The van der Waals surface area contributed by atoms with Gasteiger partial charge in [0.25, 0.3) is 0 Å². The summed E-state index contributed by atoms with van der Waals surface area (Å²) in [6.07, 6.45) is 1.82. The van der Waals surface area contributed by atoms with Crippen LogP contribution in [-0.4, -0.2) is 34.3 Å². The minimum Gasteiger partial charge on any atom is -0.473 e. The average molecular weight is 597 g/mol. The molecule has 0 radical (unpaired) electrons. The summed E-state index contributed by atoms with van der Waals surface area (Å²) in [7, 11) is 1.31. The van der Waals surface area contributed by atoms with Crippen molar-refractivity contribution in [2.75, 3.05) is 13.8 Å². The summed E-state index contributed by atoms with van der Waals surface area (Å²) in [5, 5.41) is 8.92. The van der Waals surface area contributed by atoms with Crippen LogP contribution in [0.5, 0.6) is 5.88 Å². The number of ether oxygens (including phenoxy) is 2. The van der Waals surface area contributed by atoms with E-state index >= 15 is 4.39 Å². The summed E-state index contributed by atoms with van der Waals surface area (Å²) < 4.78 is 56.1. The molecule has 0 aliphatic heterocycles. The number of nitriles is 1. The van der Waals surface area contributed by atoms with Crippen LogP contribution in [0.3, 0.4) is 0 Å². The number of methoxy groups -OCH3 is 1. The van der Waals surface area contributed by atoms with Crippen LogP contribution in [0.15, 0.2) is 72.8 Å². The first-order valence-electron chi connectivity index (χ1n) is 14.0. The standard InChI is InChI=1S/C34H27F3N4O3/c1-43-33(42)23-8-10-29-30(16-23)41(20-34(19-35)11-12-34)31(39-29)15-21-6-9-25(27(37)13-21)28-3-2-4-32(40-28)44-18-24-7-5-22(17-38)14-26(24)36/h2-10,13-14,16H,11-12,15,18-20H2,1H3. The SMILES string of the molecule is COC(=O)c1ccc2nc(Cc3ccc(-c4cccc(OCc5ccc(C#N)cc5F)n4)c(F)c3)n(CC3(CF)CC3)c2c1. The Labute approximate surface area is 251 Å². The first kappa shape index (κ1) is 28.9. The van der Waals surface area contributed by atoms with Gasteiger partial charge in [0.1, 0.15) is 24.1 Å². The Kier molecular flexibility index (Phi) is 7.78. The Balaban J connectivity index is 1.24. The topological polar surface area (TPSA) is 90.0 Å². The third-order valence-electron chi connectivity index (χ3n) is 7.94. The molecular weight excluding hydrogens is 569 g/mol. The number of fused-ring (bicyclic) bond motifs is 1. The molecule has 1 fully saturated rings. The van der Waals surface area contributed by atoms with Crippen molar-refractivity contribution in [1.29, 1.82) is 5.26 Å². The van der Waals surface area contributed by atoms with E-state index in [0.29, 0.717) is 40.2 Å². The van der Waals surface area contributed by atoms with Gasteiger partial charge in [0.2, 0.25) is 5.88 Å². The lowest BCUT2D eigenvalue weighted by molar-refractivity contribution is 0.0601. The van der Waals surface area contributed by atoms with Crippen molar-refractivity contribution in [3.63, 3.8) is 0 Å². The molecule has 44 heavy (non-hydrogen) atoms. The third kappa shape index (κ3) is 5.86. The normalized spacial score (nSPS) is 13.4. The van der Waals surface area contributed by atoms with E-state index < -0.39 is 29.7 Å². The highest BCUT2D eigenvalue weighted by Gasteiger charge is 2.43. The maximum atomic E-state index is 15.5. The molecule has 0 bridgehead atoms. The van der Waals surface area contributed by atoms with Crippen molar-refractivity contribution in [3.05, 3.63) is 113 Å². The molecule has 7 nitrogen and oxygen atoms in total. The van der Waals surface area contributed by atoms with Gasteiger partial charge in [0.05, 0.1) is 47.7 Å². The number of rotatable bonds is 10. The zero-order valence-corrected chi connectivity index (χ0v) is 23.8. The molecule has 2 aromatic heterocycles. The molecule has 5 aromatic rings. The van der Waals surface area contributed by atoms with Crippen molar-refractivity contribution < 1.29 is 27.4 Å². The first-order valence-corrected chi connectivity index (χ1v) is 14.0. The molecule has 0 atom stereocenters. The van der Waals surface area contributed by atoms with Gasteiger partial charge in [-0.2, -0.15) is 5.26 Å². The highest BCUT2D eigenvalue weighted by Crippen LogP contribution is 2.48. The largest absolute Gasteiger partial charge is 0.473 e. The van der Waals surface area contributed by atoms with Crippen LogP contribution in [0.2, 0.25) is 0 Å².